The lowest BCUT2D eigenvalue weighted by atomic mass is 10.1. The van der Waals surface area contributed by atoms with Crippen molar-refractivity contribution in [3.8, 4) is 0 Å². The number of carbonyl (C=O) groups excluding carboxylic acids is 2. The number of hydrogen-bond acceptors (Lipinski definition) is 3. The van der Waals surface area contributed by atoms with Gasteiger partial charge in [0, 0.05) is 31.9 Å². The van der Waals surface area contributed by atoms with Gasteiger partial charge in [0.05, 0.1) is 5.56 Å². The second-order valence-corrected chi connectivity index (χ2v) is 4.80. The number of rotatable bonds is 7. The van der Waals surface area contributed by atoms with Gasteiger partial charge in [-0.25, -0.2) is 0 Å². The Morgan fingerprint density at radius 2 is 2.00 bits per heavy atom. The fourth-order valence-electron chi connectivity index (χ4n) is 1.56. The summed E-state index contributed by atoms with van der Waals surface area (Å²) in [6.45, 7) is 5.13. The summed E-state index contributed by atoms with van der Waals surface area (Å²) in [5.74, 6) is 0.292. The van der Waals surface area contributed by atoms with Crippen LogP contribution in [0.15, 0.2) is 24.5 Å². The maximum absolute atomic E-state index is 11.6. The van der Waals surface area contributed by atoms with E-state index in [1.165, 1.54) is 6.20 Å². The van der Waals surface area contributed by atoms with Crippen molar-refractivity contribution >= 4 is 11.8 Å². The molecule has 0 fully saturated rings. The highest BCUT2D eigenvalue weighted by Crippen LogP contribution is 1.98. The molecule has 1 heterocycles. The largest absolute Gasteiger partial charge is 0.356 e. The minimum atomic E-state index is -0.137. The van der Waals surface area contributed by atoms with Gasteiger partial charge in [-0.15, -0.1) is 0 Å². The molecule has 0 aliphatic rings. The summed E-state index contributed by atoms with van der Waals surface area (Å²) in [5, 5.41) is 5.61. The van der Waals surface area contributed by atoms with Crippen molar-refractivity contribution in [2.75, 3.05) is 13.1 Å². The van der Waals surface area contributed by atoms with Gasteiger partial charge >= 0.3 is 0 Å². The molecule has 5 heteroatoms. The second-order valence-electron chi connectivity index (χ2n) is 4.80. The molecule has 0 aliphatic heterocycles. The molecule has 1 aromatic heterocycles. The lowest BCUT2D eigenvalue weighted by molar-refractivity contribution is -0.121. The Morgan fingerprint density at radius 3 is 2.63 bits per heavy atom. The van der Waals surface area contributed by atoms with E-state index in [1.54, 1.807) is 18.3 Å². The number of nitrogens with one attached hydrogen (secondary N) is 2. The molecule has 2 amide bonds. The molecule has 19 heavy (non-hydrogen) atoms. The van der Waals surface area contributed by atoms with Crippen molar-refractivity contribution in [3.63, 3.8) is 0 Å². The van der Waals surface area contributed by atoms with E-state index in [4.69, 9.17) is 0 Å². The molecular formula is C14H21N3O2. The van der Waals surface area contributed by atoms with Crippen LogP contribution >= 0.6 is 0 Å². The summed E-state index contributed by atoms with van der Waals surface area (Å²) < 4.78 is 0. The van der Waals surface area contributed by atoms with Gasteiger partial charge < -0.3 is 10.6 Å². The van der Waals surface area contributed by atoms with Gasteiger partial charge in [-0.2, -0.15) is 0 Å². The SMILES string of the molecule is CC(C)CC(=O)NCCCNC(=O)c1cccnc1. The molecule has 104 valence electrons. The summed E-state index contributed by atoms with van der Waals surface area (Å²) in [5.41, 5.74) is 0.548. The van der Waals surface area contributed by atoms with Crippen LogP contribution in [0.4, 0.5) is 0 Å². The highest BCUT2D eigenvalue weighted by Gasteiger charge is 2.05. The van der Waals surface area contributed by atoms with Crippen molar-refractivity contribution in [1.29, 1.82) is 0 Å². The average Bonchev–Trinajstić information content (AvgIpc) is 2.38. The van der Waals surface area contributed by atoms with Crippen LogP contribution < -0.4 is 10.6 Å². The standard InChI is InChI=1S/C14H21N3O2/c1-11(2)9-13(18)16-7-4-8-17-14(19)12-5-3-6-15-10-12/h3,5-6,10-11H,4,7-9H2,1-2H3,(H,16,18)(H,17,19). The minimum Gasteiger partial charge on any atom is -0.356 e. The number of hydrogen-bond donors (Lipinski definition) is 2. The van der Waals surface area contributed by atoms with Crippen LogP contribution in [0.3, 0.4) is 0 Å². The number of nitrogens with zero attached hydrogens (tertiary/aromatic N) is 1. The molecule has 0 saturated heterocycles. The van der Waals surface area contributed by atoms with E-state index in [1.807, 2.05) is 13.8 Å². The third-order valence-electron chi connectivity index (χ3n) is 2.48. The molecular weight excluding hydrogens is 242 g/mol. The predicted molar refractivity (Wildman–Crippen MR) is 73.7 cm³/mol. The van der Waals surface area contributed by atoms with Crippen LogP contribution in [-0.2, 0) is 4.79 Å². The van der Waals surface area contributed by atoms with Gasteiger partial charge in [0.2, 0.25) is 5.91 Å². The maximum Gasteiger partial charge on any atom is 0.252 e. The summed E-state index contributed by atoms with van der Waals surface area (Å²) in [7, 11) is 0. The first-order valence-electron chi connectivity index (χ1n) is 6.54. The Hall–Kier alpha value is -1.91. The fraction of sp³-hybridized carbons (Fsp3) is 0.500. The van der Waals surface area contributed by atoms with E-state index in [-0.39, 0.29) is 11.8 Å². The normalized spacial score (nSPS) is 10.3. The highest BCUT2D eigenvalue weighted by molar-refractivity contribution is 5.93. The zero-order chi connectivity index (χ0) is 14.1. The summed E-state index contributed by atoms with van der Waals surface area (Å²) in [4.78, 5) is 26.9. The van der Waals surface area contributed by atoms with Crippen LogP contribution in [0.2, 0.25) is 0 Å². The number of amides is 2. The third-order valence-corrected chi connectivity index (χ3v) is 2.48. The van der Waals surface area contributed by atoms with E-state index < -0.39 is 0 Å². The number of carbonyl (C=O) groups is 2. The molecule has 0 aromatic carbocycles. The molecule has 2 N–H and O–H groups in total. The summed E-state index contributed by atoms with van der Waals surface area (Å²) in [6.07, 6.45) is 4.42. The van der Waals surface area contributed by atoms with Crippen LogP contribution in [0.1, 0.15) is 37.0 Å². The smallest absolute Gasteiger partial charge is 0.252 e. The molecule has 0 aliphatic carbocycles. The van der Waals surface area contributed by atoms with Gasteiger partial charge in [-0.05, 0) is 24.5 Å². The quantitative estimate of drug-likeness (QED) is 0.730. The predicted octanol–water partition coefficient (Wildman–Crippen LogP) is 1.36. The van der Waals surface area contributed by atoms with Crippen LogP contribution in [0.25, 0.3) is 0 Å². The molecule has 0 bridgehead atoms. The monoisotopic (exact) mass is 263 g/mol. The van der Waals surface area contributed by atoms with Gasteiger partial charge in [0.1, 0.15) is 0 Å². The first-order chi connectivity index (χ1) is 9.09. The van der Waals surface area contributed by atoms with E-state index in [0.29, 0.717) is 31.0 Å². The zero-order valence-electron chi connectivity index (χ0n) is 11.5. The third kappa shape index (κ3) is 6.55. The number of aromatic nitrogens is 1. The fourth-order valence-corrected chi connectivity index (χ4v) is 1.56. The van der Waals surface area contributed by atoms with Gasteiger partial charge in [-0.1, -0.05) is 13.8 Å². The lowest BCUT2D eigenvalue weighted by Crippen LogP contribution is -2.30. The second kappa shape index (κ2) is 8.24. The summed E-state index contributed by atoms with van der Waals surface area (Å²) >= 11 is 0. The lowest BCUT2D eigenvalue weighted by Gasteiger charge is -2.08. The first-order valence-corrected chi connectivity index (χ1v) is 6.54. The van der Waals surface area contributed by atoms with Crippen LogP contribution in [-0.4, -0.2) is 29.9 Å². The van der Waals surface area contributed by atoms with Crippen molar-refractivity contribution < 1.29 is 9.59 Å². The van der Waals surface area contributed by atoms with Gasteiger partial charge in [0.15, 0.2) is 0 Å². The van der Waals surface area contributed by atoms with E-state index in [0.717, 1.165) is 6.42 Å². The van der Waals surface area contributed by atoms with Gasteiger partial charge in [-0.3, -0.25) is 14.6 Å². The molecule has 0 spiro atoms. The highest BCUT2D eigenvalue weighted by atomic mass is 16.2. The van der Waals surface area contributed by atoms with Crippen molar-refractivity contribution in [3.05, 3.63) is 30.1 Å². The zero-order valence-corrected chi connectivity index (χ0v) is 11.5. The molecule has 5 nitrogen and oxygen atoms in total. The summed E-state index contributed by atoms with van der Waals surface area (Å²) in [6, 6.07) is 3.44. The Bertz CT molecular complexity index is 404. The molecule has 0 unspecified atom stereocenters. The topological polar surface area (TPSA) is 71.1 Å². The molecule has 0 atom stereocenters. The van der Waals surface area contributed by atoms with Crippen molar-refractivity contribution in [1.82, 2.24) is 15.6 Å². The maximum atomic E-state index is 11.6. The van der Waals surface area contributed by atoms with Crippen molar-refractivity contribution in [2.24, 2.45) is 5.92 Å². The Labute approximate surface area is 113 Å². The average molecular weight is 263 g/mol. The minimum absolute atomic E-state index is 0.0635. The van der Waals surface area contributed by atoms with Gasteiger partial charge in [0.25, 0.3) is 5.91 Å². The Kier molecular flexibility index (Phi) is 6.57. The van der Waals surface area contributed by atoms with Crippen LogP contribution in [0.5, 0.6) is 0 Å². The van der Waals surface area contributed by atoms with Crippen molar-refractivity contribution in [2.45, 2.75) is 26.7 Å². The molecule has 0 saturated carbocycles. The molecule has 1 rings (SSSR count). The van der Waals surface area contributed by atoms with E-state index in [9.17, 15) is 9.59 Å². The Morgan fingerprint density at radius 1 is 1.26 bits per heavy atom. The molecule has 0 radical (unpaired) electrons. The number of pyridine rings is 1. The first kappa shape index (κ1) is 15.1. The van der Waals surface area contributed by atoms with Crippen LogP contribution in [0, 0.1) is 5.92 Å². The molecule has 1 aromatic rings. The van der Waals surface area contributed by atoms with E-state index >= 15 is 0 Å². The van der Waals surface area contributed by atoms with E-state index in [2.05, 4.69) is 15.6 Å². The Balaban J connectivity index is 2.11.